The Labute approximate surface area is 136 Å². The molecule has 2 rings (SSSR count). The van der Waals surface area contributed by atoms with E-state index in [0.29, 0.717) is 15.8 Å². The van der Waals surface area contributed by atoms with Crippen LogP contribution in [0.15, 0.2) is 48.7 Å². The number of Topliss-reactive ketones (excluding diaryl/α,β-unsaturated/α-hetero) is 1. The molecule has 0 spiro atoms. The number of carbonyl (C=O) groups excluding carboxylic acids is 1. The van der Waals surface area contributed by atoms with Crippen LogP contribution < -0.4 is 0 Å². The summed E-state index contributed by atoms with van der Waals surface area (Å²) in [7, 11) is 0. The second-order valence-corrected chi connectivity index (χ2v) is 6.71. The first-order chi connectivity index (χ1) is 10.3. The smallest absolute Gasteiger partial charge is 0.165 e. The van der Waals surface area contributed by atoms with Gasteiger partial charge < -0.3 is 9.67 Å². The Balaban J connectivity index is 2.26. The fraction of sp³-hybridized carbons (Fsp3) is 0.333. The first kappa shape index (κ1) is 16.6. The number of rotatable bonds is 4. The van der Waals surface area contributed by atoms with Crippen LogP contribution in [0.25, 0.3) is 0 Å². The number of benzene rings is 1. The SMILES string of the molecule is CC(C)(C)n1cccc([C@H](O)CC(=O)c2ccccc2)c1=S. The molecule has 0 saturated heterocycles. The van der Waals surface area contributed by atoms with Crippen LogP contribution in [-0.4, -0.2) is 15.5 Å². The van der Waals surface area contributed by atoms with E-state index in [4.69, 9.17) is 12.2 Å². The van der Waals surface area contributed by atoms with E-state index in [2.05, 4.69) is 0 Å². The molecule has 1 aromatic carbocycles. The number of carbonyl (C=O) groups is 1. The molecule has 116 valence electrons. The van der Waals surface area contributed by atoms with Crippen molar-refractivity contribution in [1.82, 2.24) is 4.57 Å². The Bertz CT molecular complexity index is 714. The van der Waals surface area contributed by atoms with Gasteiger partial charge in [0.05, 0.1) is 6.10 Å². The third-order valence-corrected chi connectivity index (χ3v) is 3.97. The molecule has 1 N–H and O–H groups in total. The van der Waals surface area contributed by atoms with Crippen LogP contribution in [0.5, 0.6) is 0 Å². The van der Waals surface area contributed by atoms with Gasteiger partial charge in [0.15, 0.2) is 5.78 Å². The number of aliphatic hydroxyl groups is 1. The van der Waals surface area contributed by atoms with Crippen LogP contribution in [0.2, 0.25) is 0 Å². The number of nitrogens with zero attached hydrogens (tertiary/aromatic N) is 1. The molecule has 1 atom stereocenters. The molecule has 1 aromatic heterocycles. The third kappa shape index (κ3) is 3.70. The maximum Gasteiger partial charge on any atom is 0.165 e. The van der Waals surface area contributed by atoms with Gasteiger partial charge >= 0.3 is 0 Å². The average Bonchev–Trinajstić information content (AvgIpc) is 2.47. The van der Waals surface area contributed by atoms with Gasteiger partial charge in [0.25, 0.3) is 0 Å². The van der Waals surface area contributed by atoms with Gasteiger partial charge in [-0.25, -0.2) is 0 Å². The standard InChI is InChI=1S/C18H21NO2S/c1-18(2,3)19-11-7-10-14(17(19)22)16(21)12-15(20)13-8-5-4-6-9-13/h4-11,16,21H,12H2,1-3H3/t16-/m1/s1. The summed E-state index contributed by atoms with van der Waals surface area (Å²) in [5, 5.41) is 10.4. The third-order valence-electron chi connectivity index (χ3n) is 3.53. The molecule has 0 aliphatic heterocycles. The molecule has 0 fully saturated rings. The number of aliphatic hydroxyl groups excluding tert-OH is 1. The van der Waals surface area contributed by atoms with Crippen molar-refractivity contribution in [1.29, 1.82) is 0 Å². The highest BCUT2D eigenvalue weighted by molar-refractivity contribution is 7.71. The highest BCUT2D eigenvalue weighted by Crippen LogP contribution is 2.23. The molecule has 0 amide bonds. The maximum absolute atomic E-state index is 12.2. The number of ketones is 1. The summed E-state index contributed by atoms with van der Waals surface area (Å²) in [5.41, 5.74) is 1.06. The Hall–Kier alpha value is -1.78. The number of hydrogen-bond donors (Lipinski definition) is 1. The topological polar surface area (TPSA) is 42.2 Å². The minimum atomic E-state index is -0.894. The number of pyridine rings is 1. The largest absolute Gasteiger partial charge is 0.388 e. The lowest BCUT2D eigenvalue weighted by atomic mass is 10.0. The first-order valence-electron chi connectivity index (χ1n) is 7.29. The summed E-state index contributed by atoms with van der Waals surface area (Å²) in [5.74, 6) is -0.0892. The molecule has 3 nitrogen and oxygen atoms in total. The van der Waals surface area contributed by atoms with Gasteiger partial charge in [0.2, 0.25) is 0 Å². The minimum Gasteiger partial charge on any atom is -0.388 e. The molecule has 22 heavy (non-hydrogen) atoms. The molecule has 0 aliphatic carbocycles. The Morgan fingerprint density at radius 1 is 1.18 bits per heavy atom. The Morgan fingerprint density at radius 2 is 1.82 bits per heavy atom. The number of hydrogen-bond acceptors (Lipinski definition) is 3. The molecule has 1 heterocycles. The molecule has 4 heteroatoms. The van der Waals surface area contributed by atoms with Crippen LogP contribution in [0.1, 0.15) is 49.2 Å². The molecule has 0 unspecified atom stereocenters. The second-order valence-electron chi connectivity index (χ2n) is 6.32. The van der Waals surface area contributed by atoms with Crippen molar-refractivity contribution >= 4 is 18.0 Å². The summed E-state index contributed by atoms with van der Waals surface area (Å²) >= 11 is 5.48. The van der Waals surface area contributed by atoms with E-state index in [0.717, 1.165) is 0 Å². The Kier molecular flexibility index (Phi) is 4.94. The van der Waals surface area contributed by atoms with Gasteiger partial charge in [-0.05, 0) is 26.8 Å². The summed E-state index contributed by atoms with van der Waals surface area (Å²) in [4.78, 5) is 12.2. The van der Waals surface area contributed by atoms with Crippen LogP contribution in [0.3, 0.4) is 0 Å². The van der Waals surface area contributed by atoms with Gasteiger partial charge in [0.1, 0.15) is 4.64 Å². The molecular formula is C18H21NO2S. The quantitative estimate of drug-likeness (QED) is 0.676. The predicted octanol–water partition coefficient (Wildman–Crippen LogP) is 4.28. The zero-order chi connectivity index (χ0) is 16.3. The minimum absolute atomic E-state index is 0.0296. The van der Waals surface area contributed by atoms with Gasteiger partial charge in [-0.2, -0.15) is 0 Å². The van der Waals surface area contributed by atoms with Crippen LogP contribution in [-0.2, 0) is 5.54 Å². The summed E-state index contributed by atoms with van der Waals surface area (Å²) in [6, 6.07) is 12.6. The van der Waals surface area contributed by atoms with Crippen molar-refractivity contribution in [2.75, 3.05) is 0 Å². The van der Waals surface area contributed by atoms with Crippen molar-refractivity contribution < 1.29 is 9.90 Å². The lowest BCUT2D eigenvalue weighted by Crippen LogP contribution is -2.23. The van der Waals surface area contributed by atoms with Crippen molar-refractivity contribution in [3.8, 4) is 0 Å². The molecule has 0 aliphatic rings. The van der Waals surface area contributed by atoms with Gasteiger partial charge in [-0.3, -0.25) is 4.79 Å². The van der Waals surface area contributed by atoms with Crippen molar-refractivity contribution in [3.05, 3.63) is 64.4 Å². The normalized spacial score (nSPS) is 12.9. The van der Waals surface area contributed by atoms with Crippen molar-refractivity contribution in [2.45, 2.75) is 38.8 Å². The monoisotopic (exact) mass is 315 g/mol. The van der Waals surface area contributed by atoms with E-state index >= 15 is 0 Å². The van der Waals surface area contributed by atoms with E-state index in [9.17, 15) is 9.90 Å². The zero-order valence-electron chi connectivity index (χ0n) is 13.1. The highest BCUT2D eigenvalue weighted by Gasteiger charge is 2.19. The fourth-order valence-electron chi connectivity index (χ4n) is 2.32. The van der Waals surface area contributed by atoms with Crippen LogP contribution in [0, 0.1) is 4.64 Å². The van der Waals surface area contributed by atoms with Gasteiger partial charge in [-0.15, -0.1) is 0 Å². The van der Waals surface area contributed by atoms with Gasteiger partial charge in [-0.1, -0.05) is 48.6 Å². The summed E-state index contributed by atoms with van der Waals surface area (Å²) < 4.78 is 2.51. The Morgan fingerprint density at radius 3 is 2.41 bits per heavy atom. The van der Waals surface area contributed by atoms with Crippen molar-refractivity contribution in [2.24, 2.45) is 0 Å². The van der Waals surface area contributed by atoms with Crippen molar-refractivity contribution in [3.63, 3.8) is 0 Å². The lowest BCUT2D eigenvalue weighted by Gasteiger charge is -2.25. The van der Waals surface area contributed by atoms with E-state index < -0.39 is 6.10 Å². The first-order valence-corrected chi connectivity index (χ1v) is 7.70. The van der Waals surface area contributed by atoms with Gasteiger partial charge in [0, 0.05) is 29.3 Å². The second kappa shape index (κ2) is 6.55. The van der Waals surface area contributed by atoms with E-state index in [-0.39, 0.29) is 17.7 Å². The van der Waals surface area contributed by atoms with Crippen LogP contribution in [0.4, 0.5) is 0 Å². The van der Waals surface area contributed by atoms with E-state index in [1.807, 2.05) is 55.8 Å². The lowest BCUT2D eigenvalue weighted by molar-refractivity contribution is 0.0878. The highest BCUT2D eigenvalue weighted by atomic mass is 32.1. The molecule has 0 radical (unpaired) electrons. The molecule has 2 aromatic rings. The summed E-state index contributed by atoms with van der Waals surface area (Å²) in [6.07, 6.45) is 1.04. The molecule has 0 saturated carbocycles. The predicted molar refractivity (Wildman–Crippen MR) is 90.6 cm³/mol. The van der Waals surface area contributed by atoms with E-state index in [1.54, 1.807) is 18.2 Å². The summed E-state index contributed by atoms with van der Waals surface area (Å²) in [6.45, 7) is 6.15. The fourth-order valence-corrected chi connectivity index (χ4v) is 2.86. The molecule has 0 bridgehead atoms. The van der Waals surface area contributed by atoms with Crippen LogP contribution >= 0.6 is 12.2 Å². The van der Waals surface area contributed by atoms with E-state index in [1.165, 1.54) is 0 Å². The number of aromatic nitrogens is 1. The average molecular weight is 315 g/mol. The maximum atomic E-state index is 12.2. The molecular weight excluding hydrogens is 294 g/mol. The zero-order valence-corrected chi connectivity index (χ0v) is 13.9.